The van der Waals surface area contributed by atoms with Crippen molar-refractivity contribution in [3.05, 3.63) is 35.4 Å². The predicted octanol–water partition coefficient (Wildman–Crippen LogP) is 2.31. The molecule has 1 aliphatic carbocycles. The highest BCUT2D eigenvalue weighted by Crippen LogP contribution is 2.23. The van der Waals surface area contributed by atoms with Gasteiger partial charge in [0.1, 0.15) is 11.6 Å². The number of rotatable bonds is 2. The Kier molecular flexibility index (Phi) is 4.14. The summed E-state index contributed by atoms with van der Waals surface area (Å²) in [7, 11) is 1.63. The molecule has 0 atom stereocenters. The summed E-state index contributed by atoms with van der Waals surface area (Å²) in [5.41, 5.74) is 5.60. The quantitative estimate of drug-likeness (QED) is 0.894. The molecule has 3 nitrogen and oxygen atoms in total. The van der Waals surface area contributed by atoms with Crippen molar-refractivity contribution < 1.29 is 13.6 Å². The zero-order valence-corrected chi connectivity index (χ0v) is 10.9. The first-order valence-corrected chi connectivity index (χ1v) is 6.47. The fraction of sp³-hybridized carbons (Fsp3) is 0.500. The Morgan fingerprint density at radius 3 is 2.53 bits per heavy atom. The number of nitrogens with two attached hydrogens (primary N) is 1. The van der Waals surface area contributed by atoms with Gasteiger partial charge in [-0.3, -0.25) is 4.79 Å². The molecular weight excluding hydrogens is 250 g/mol. The molecule has 1 fully saturated rings. The number of carbonyl (C=O) groups excluding carboxylic acids is 1. The van der Waals surface area contributed by atoms with Crippen molar-refractivity contribution in [2.45, 2.75) is 37.8 Å². The van der Waals surface area contributed by atoms with Crippen molar-refractivity contribution in [3.8, 4) is 0 Å². The van der Waals surface area contributed by atoms with Crippen molar-refractivity contribution in [1.29, 1.82) is 0 Å². The van der Waals surface area contributed by atoms with Crippen molar-refractivity contribution in [2.75, 3.05) is 7.05 Å². The monoisotopic (exact) mass is 268 g/mol. The van der Waals surface area contributed by atoms with Gasteiger partial charge in [-0.25, -0.2) is 8.78 Å². The van der Waals surface area contributed by atoms with Crippen LogP contribution in [0.25, 0.3) is 0 Å². The van der Waals surface area contributed by atoms with Gasteiger partial charge in [0.25, 0.3) is 5.91 Å². The fourth-order valence-electron chi connectivity index (χ4n) is 2.51. The van der Waals surface area contributed by atoms with Gasteiger partial charge < -0.3 is 10.6 Å². The lowest BCUT2D eigenvalue weighted by atomic mass is 9.90. The highest BCUT2D eigenvalue weighted by molar-refractivity contribution is 5.94. The lowest BCUT2D eigenvalue weighted by molar-refractivity contribution is 0.0684. The number of nitrogens with zero attached hydrogens (tertiary/aromatic N) is 1. The average molecular weight is 268 g/mol. The van der Waals surface area contributed by atoms with Crippen LogP contribution in [-0.2, 0) is 0 Å². The van der Waals surface area contributed by atoms with Gasteiger partial charge in [-0.2, -0.15) is 0 Å². The minimum Gasteiger partial charge on any atom is -0.339 e. The molecule has 0 aliphatic heterocycles. The first-order valence-electron chi connectivity index (χ1n) is 6.47. The van der Waals surface area contributed by atoms with E-state index in [4.69, 9.17) is 5.73 Å². The Labute approximate surface area is 111 Å². The molecule has 2 N–H and O–H groups in total. The number of benzene rings is 1. The van der Waals surface area contributed by atoms with Crippen LogP contribution >= 0.6 is 0 Å². The summed E-state index contributed by atoms with van der Waals surface area (Å²) in [5, 5.41) is 0. The maximum Gasteiger partial charge on any atom is 0.256 e. The number of halogens is 2. The van der Waals surface area contributed by atoms with E-state index in [1.54, 1.807) is 7.05 Å². The van der Waals surface area contributed by atoms with Crippen molar-refractivity contribution in [2.24, 2.45) is 5.73 Å². The van der Waals surface area contributed by atoms with E-state index < -0.39 is 17.5 Å². The van der Waals surface area contributed by atoms with Gasteiger partial charge in [0.2, 0.25) is 0 Å². The second kappa shape index (κ2) is 5.65. The molecule has 0 heterocycles. The number of amides is 1. The molecule has 1 aliphatic rings. The van der Waals surface area contributed by atoms with Gasteiger partial charge in [0, 0.05) is 19.1 Å². The minimum absolute atomic E-state index is 0.0509. The van der Waals surface area contributed by atoms with Gasteiger partial charge in [-0.05, 0) is 43.9 Å². The third-order valence-electron chi connectivity index (χ3n) is 3.77. The van der Waals surface area contributed by atoms with Crippen LogP contribution in [0.1, 0.15) is 36.0 Å². The molecule has 104 valence electrons. The molecule has 0 saturated heterocycles. The van der Waals surface area contributed by atoms with Crippen LogP contribution in [0.4, 0.5) is 8.78 Å². The minimum atomic E-state index is -0.689. The third-order valence-corrected chi connectivity index (χ3v) is 3.77. The van der Waals surface area contributed by atoms with Gasteiger partial charge >= 0.3 is 0 Å². The van der Waals surface area contributed by atoms with Crippen LogP contribution in [0.15, 0.2) is 18.2 Å². The first-order chi connectivity index (χ1) is 8.99. The van der Waals surface area contributed by atoms with Gasteiger partial charge in [0.05, 0.1) is 5.56 Å². The summed E-state index contributed by atoms with van der Waals surface area (Å²) in [6.45, 7) is 0. The summed E-state index contributed by atoms with van der Waals surface area (Å²) in [6, 6.07) is 3.17. The molecule has 0 unspecified atom stereocenters. The molecule has 1 aromatic carbocycles. The third kappa shape index (κ3) is 3.10. The standard InChI is InChI=1S/C14H18F2N2O/c1-18(11-5-3-10(17)4-6-11)14(19)12-8-9(15)2-7-13(12)16/h2,7-8,10-11H,3-6,17H2,1H3. The second-order valence-corrected chi connectivity index (χ2v) is 5.11. The van der Waals surface area contributed by atoms with Crippen molar-refractivity contribution in [1.82, 2.24) is 4.90 Å². The molecule has 0 spiro atoms. The molecule has 1 saturated carbocycles. The van der Waals surface area contributed by atoms with Crippen LogP contribution in [-0.4, -0.2) is 29.9 Å². The fourth-order valence-corrected chi connectivity index (χ4v) is 2.51. The summed E-state index contributed by atoms with van der Waals surface area (Å²) >= 11 is 0. The van der Waals surface area contributed by atoms with Gasteiger partial charge in [-0.15, -0.1) is 0 Å². The molecule has 1 aromatic rings. The predicted molar refractivity (Wildman–Crippen MR) is 68.7 cm³/mol. The zero-order valence-electron chi connectivity index (χ0n) is 10.9. The van der Waals surface area contributed by atoms with Gasteiger partial charge in [-0.1, -0.05) is 0 Å². The first kappa shape index (κ1) is 13.9. The largest absolute Gasteiger partial charge is 0.339 e. The van der Waals surface area contributed by atoms with Crippen LogP contribution in [0.2, 0.25) is 0 Å². The molecular formula is C14H18F2N2O. The van der Waals surface area contributed by atoms with E-state index in [-0.39, 0.29) is 17.6 Å². The molecule has 2 rings (SSSR count). The molecule has 5 heteroatoms. The summed E-state index contributed by atoms with van der Waals surface area (Å²) in [6.07, 6.45) is 3.32. The van der Waals surface area contributed by atoms with Crippen molar-refractivity contribution in [3.63, 3.8) is 0 Å². The SMILES string of the molecule is CN(C(=O)c1cc(F)ccc1F)C1CCC(N)CC1. The van der Waals surface area contributed by atoms with E-state index in [0.717, 1.165) is 43.9 Å². The Hall–Kier alpha value is -1.49. The molecule has 19 heavy (non-hydrogen) atoms. The Morgan fingerprint density at radius 2 is 1.89 bits per heavy atom. The Bertz CT molecular complexity index is 471. The molecule has 0 radical (unpaired) electrons. The van der Waals surface area contributed by atoms with Gasteiger partial charge in [0.15, 0.2) is 0 Å². The molecule has 0 aromatic heterocycles. The summed E-state index contributed by atoms with van der Waals surface area (Å²) in [4.78, 5) is 13.7. The lowest BCUT2D eigenvalue weighted by Gasteiger charge is -2.33. The number of hydrogen-bond donors (Lipinski definition) is 1. The van der Waals surface area contributed by atoms with E-state index in [1.807, 2.05) is 0 Å². The number of hydrogen-bond acceptors (Lipinski definition) is 2. The van der Waals surface area contributed by atoms with E-state index in [1.165, 1.54) is 4.90 Å². The highest BCUT2D eigenvalue weighted by atomic mass is 19.1. The van der Waals surface area contributed by atoms with E-state index in [9.17, 15) is 13.6 Å². The van der Waals surface area contributed by atoms with E-state index in [0.29, 0.717) is 0 Å². The maximum absolute atomic E-state index is 13.6. The van der Waals surface area contributed by atoms with E-state index in [2.05, 4.69) is 0 Å². The summed E-state index contributed by atoms with van der Waals surface area (Å²) in [5.74, 6) is -1.77. The normalized spacial score (nSPS) is 23.2. The average Bonchev–Trinajstić information content (AvgIpc) is 2.41. The smallest absolute Gasteiger partial charge is 0.256 e. The number of carbonyl (C=O) groups is 1. The lowest BCUT2D eigenvalue weighted by Crippen LogP contribution is -2.42. The van der Waals surface area contributed by atoms with Crippen LogP contribution in [0, 0.1) is 11.6 Å². The highest BCUT2D eigenvalue weighted by Gasteiger charge is 2.27. The molecule has 1 amide bonds. The molecule has 0 bridgehead atoms. The van der Waals surface area contributed by atoms with E-state index >= 15 is 0 Å². The Balaban J connectivity index is 2.12. The van der Waals surface area contributed by atoms with Crippen LogP contribution in [0.3, 0.4) is 0 Å². The van der Waals surface area contributed by atoms with Crippen LogP contribution < -0.4 is 5.73 Å². The summed E-state index contributed by atoms with van der Waals surface area (Å²) < 4.78 is 26.7. The van der Waals surface area contributed by atoms with Crippen molar-refractivity contribution >= 4 is 5.91 Å². The second-order valence-electron chi connectivity index (χ2n) is 5.11. The Morgan fingerprint density at radius 1 is 1.26 bits per heavy atom. The zero-order chi connectivity index (χ0) is 14.0. The maximum atomic E-state index is 13.6. The van der Waals surface area contributed by atoms with Crippen LogP contribution in [0.5, 0.6) is 0 Å². The topological polar surface area (TPSA) is 46.3 Å².